The molecular weight excluding hydrogens is 236 g/mol. The number of aryl methyl sites for hydroxylation is 1. The molecule has 1 aromatic rings. The maximum Gasteiger partial charge on any atom is 0.306 e. The fourth-order valence-corrected chi connectivity index (χ4v) is 1.82. The van der Waals surface area contributed by atoms with Crippen LogP contribution in [-0.4, -0.2) is 32.8 Å². The Kier molecular flexibility index (Phi) is 5.06. The van der Waals surface area contributed by atoms with Crippen LogP contribution >= 0.6 is 0 Å². The number of aromatic nitrogens is 1. The number of nitrogens with two attached hydrogens (primary N) is 1. The predicted octanol–water partition coefficient (Wildman–Crippen LogP) is 0.180. The number of carboxylic acid groups (broad SMARTS) is 1. The van der Waals surface area contributed by atoms with E-state index in [4.69, 9.17) is 10.8 Å². The van der Waals surface area contributed by atoms with Crippen LogP contribution < -0.4 is 5.73 Å². The van der Waals surface area contributed by atoms with Crippen LogP contribution in [-0.2, 0) is 17.8 Å². The minimum Gasteiger partial charge on any atom is -0.506 e. The molecule has 1 rings (SSSR count). The molecule has 0 saturated heterocycles. The van der Waals surface area contributed by atoms with Gasteiger partial charge in [0.25, 0.3) is 0 Å². The summed E-state index contributed by atoms with van der Waals surface area (Å²) in [6, 6.07) is 0. The molecule has 6 heteroatoms. The molecule has 0 fully saturated rings. The molecule has 0 aliphatic rings. The second-order valence-corrected chi connectivity index (χ2v) is 4.17. The molecule has 18 heavy (non-hydrogen) atoms. The van der Waals surface area contributed by atoms with E-state index >= 15 is 0 Å². The molecule has 1 unspecified atom stereocenters. The number of carboxylic acids is 1. The van der Waals surface area contributed by atoms with Crippen LogP contribution in [0.15, 0.2) is 6.20 Å². The summed E-state index contributed by atoms with van der Waals surface area (Å²) >= 11 is 0. The Morgan fingerprint density at radius 1 is 1.56 bits per heavy atom. The molecule has 0 spiro atoms. The highest BCUT2D eigenvalue weighted by atomic mass is 16.4. The molecular formula is C12H18N2O4. The predicted molar refractivity (Wildman–Crippen MR) is 65.1 cm³/mol. The highest BCUT2D eigenvalue weighted by Crippen LogP contribution is 2.26. The van der Waals surface area contributed by atoms with E-state index in [1.54, 1.807) is 6.92 Å². The molecule has 0 bridgehead atoms. The van der Waals surface area contributed by atoms with Crippen LogP contribution in [0.3, 0.4) is 0 Å². The first-order chi connectivity index (χ1) is 8.51. The van der Waals surface area contributed by atoms with Crippen LogP contribution in [0, 0.1) is 12.8 Å². The van der Waals surface area contributed by atoms with Crippen LogP contribution in [0.2, 0.25) is 0 Å². The summed E-state index contributed by atoms with van der Waals surface area (Å²) in [5.41, 5.74) is 6.66. The summed E-state index contributed by atoms with van der Waals surface area (Å²) in [4.78, 5) is 15.0. The molecule has 100 valence electrons. The van der Waals surface area contributed by atoms with E-state index in [2.05, 4.69) is 4.98 Å². The van der Waals surface area contributed by atoms with Gasteiger partial charge in [0.2, 0.25) is 0 Å². The number of rotatable bonds is 6. The minimum absolute atomic E-state index is 0.0770. The van der Waals surface area contributed by atoms with Crippen molar-refractivity contribution >= 4 is 5.97 Å². The van der Waals surface area contributed by atoms with Gasteiger partial charge in [0.1, 0.15) is 5.75 Å². The standard InChI is InChI=1S/C12H18N2O4/c1-7-11(16)10(6-15)9(5-14-7)4-8(2-3-13)12(17)18/h5,8,15-16H,2-4,6,13H2,1H3,(H,17,18). The third-order valence-electron chi connectivity index (χ3n) is 2.92. The molecule has 0 radical (unpaired) electrons. The van der Waals surface area contributed by atoms with E-state index in [0.717, 1.165) is 0 Å². The Hall–Kier alpha value is -1.66. The van der Waals surface area contributed by atoms with Gasteiger partial charge in [-0.2, -0.15) is 0 Å². The van der Waals surface area contributed by atoms with Crippen LogP contribution in [0.1, 0.15) is 23.2 Å². The van der Waals surface area contributed by atoms with Crippen molar-refractivity contribution < 1.29 is 20.1 Å². The van der Waals surface area contributed by atoms with Gasteiger partial charge in [-0.3, -0.25) is 9.78 Å². The van der Waals surface area contributed by atoms with Crippen molar-refractivity contribution in [3.63, 3.8) is 0 Å². The van der Waals surface area contributed by atoms with Crippen LogP contribution in [0.4, 0.5) is 0 Å². The van der Waals surface area contributed by atoms with Gasteiger partial charge < -0.3 is 21.1 Å². The van der Waals surface area contributed by atoms with Crippen molar-refractivity contribution in [1.82, 2.24) is 4.98 Å². The number of pyridine rings is 1. The topological polar surface area (TPSA) is 117 Å². The van der Waals surface area contributed by atoms with Gasteiger partial charge in [-0.15, -0.1) is 0 Å². The first-order valence-corrected chi connectivity index (χ1v) is 5.71. The van der Waals surface area contributed by atoms with Crippen molar-refractivity contribution in [1.29, 1.82) is 0 Å². The first kappa shape index (κ1) is 14.4. The maximum absolute atomic E-state index is 11.0. The van der Waals surface area contributed by atoms with Gasteiger partial charge in [-0.1, -0.05) is 0 Å². The lowest BCUT2D eigenvalue weighted by Crippen LogP contribution is -2.21. The fourth-order valence-electron chi connectivity index (χ4n) is 1.82. The van der Waals surface area contributed by atoms with E-state index in [0.29, 0.717) is 23.2 Å². The summed E-state index contributed by atoms with van der Waals surface area (Å²) in [7, 11) is 0. The second-order valence-electron chi connectivity index (χ2n) is 4.17. The number of aromatic hydroxyl groups is 1. The Morgan fingerprint density at radius 2 is 2.22 bits per heavy atom. The number of carbonyl (C=O) groups is 1. The van der Waals surface area contributed by atoms with Gasteiger partial charge in [-0.05, 0) is 31.9 Å². The monoisotopic (exact) mass is 254 g/mol. The Morgan fingerprint density at radius 3 is 2.72 bits per heavy atom. The smallest absolute Gasteiger partial charge is 0.306 e. The molecule has 0 amide bonds. The van der Waals surface area contributed by atoms with Gasteiger partial charge >= 0.3 is 5.97 Å². The van der Waals surface area contributed by atoms with Gasteiger partial charge in [0.05, 0.1) is 18.2 Å². The number of hydrogen-bond donors (Lipinski definition) is 4. The van der Waals surface area contributed by atoms with Gasteiger partial charge in [-0.25, -0.2) is 0 Å². The molecule has 0 saturated carbocycles. The number of hydrogen-bond acceptors (Lipinski definition) is 5. The number of aliphatic hydroxyl groups is 1. The summed E-state index contributed by atoms with van der Waals surface area (Å²) in [5.74, 6) is -1.65. The fraction of sp³-hybridized carbons (Fsp3) is 0.500. The lowest BCUT2D eigenvalue weighted by atomic mass is 9.94. The maximum atomic E-state index is 11.0. The summed E-state index contributed by atoms with van der Waals surface area (Å²) in [6.45, 7) is 1.54. The average molecular weight is 254 g/mol. The highest BCUT2D eigenvalue weighted by molar-refractivity contribution is 5.70. The molecule has 1 aromatic heterocycles. The Bertz CT molecular complexity index is 434. The van der Waals surface area contributed by atoms with E-state index in [-0.39, 0.29) is 25.3 Å². The van der Waals surface area contributed by atoms with Crippen molar-refractivity contribution in [2.24, 2.45) is 11.7 Å². The lowest BCUT2D eigenvalue weighted by molar-refractivity contribution is -0.141. The largest absolute Gasteiger partial charge is 0.506 e. The number of aliphatic hydroxyl groups excluding tert-OH is 1. The zero-order chi connectivity index (χ0) is 13.7. The van der Waals surface area contributed by atoms with E-state index < -0.39 is 11.9 Å². The van der Waals surface area contributed by atoms with Gasteiger partial charge in [0, 0.05) is 11.8 Å². The van der Waals surface area contributed by atoms with E-state index in [9.17, 15) is 15.0 Å². The van der Waals surface area contributed by atoms with Crippen molar-refractivity contribution in [3.8, 4) is 5.75 Å². The van der Waals surface area contributed by atoms with E-state index in [1.807, 2.05) is 0 Å². The molecule has 5 N–H and O–H groups in total. The quantitative estimate of drug-likeness (QED) is 0.575. The zero-order valence-corrected chi connectivity index (χ0v) is 10.3. The Balaban J connectivity index is 3.02. The summed E-state index contributed by atoms with van der Waals surface area (Å²) < 4.78 is 0. The molecule has 1 heterocycles. The summed E-state index contributed by atoms with van der Waals surface area (Å²) in [5, 5.41) is 28.1. The Labute approximate surface area is 105 Å². The third kappa shape index (κ3) is 3.18. The second kappa shape index (κ2) is 6.32. The first-order valence-electron chi connectivity index (χ1n) is 5.71. The van der Waals surface area contributed by atoms with Crippen LogP contribution in [0.5, 0.6) is 5.75 Å². The number of nitrogens with zero attached hydrogens (tertiary/aromatic N) is 1. The zero-order valence-electron chi connectivity index (χ0n) is 10.3. The van der Waals surface area contributed by atoms with Crippen LogP contribution in [0.25, 0.3) is 0 Å². The lowest BCUT2D eigenvalue weighted by Gasteiger charge is -2.15. The average Bonchev–Trinajstić information content (AvgIpc) is 2.33. The SMILES string of the molecule is Cc1ncc(CC(CCN)C(=O)O)c(CO)c1O. The highest BCUT2D eigenvalue weighted by Gasteiger charge is 2.20. The third-order valence-corrected chi connectivity index (χ3v) is 2.92. The minimum atomic E-state index is -0.940. The summed E-state index contributed by atoms with van der Waals surface area (Å²) in [6.07, 6.45) is 2.03. The molecule has 0 aliphatic heterocycles. The molecule has 6 nitrogen and oxygen atoms in total. The van der Waals surface area contributed by atoms with E-state index in [1.165, 1.54) is 6.20 Å². The molecule has 1 atom stereocenters. The number of aliphatic carboxylic acids is 1. The molecule has 0 aliphatic carbocycles. The van der Waals surface area contributed by atoms with Crippen molar-refractivity contribution in [3.05, 3.63) is 23.0 Å². The van der Waals surface area contributed by atoms with Crippen molar-refractivity contribution in [2.75, 3.05) is 6.54 Å². The van der Waals surface area contributed by atoms with Crippen molar-refractivity contribution in [2.45, 2.75) is 26.4 Å². The normalized spacial score (nSPS) is 12.4. The molecule has 0 aromatic carbocycles. The van der Waals surface area contributed by atoms with Gasteiger partial charge in [0.15, 0.2) is 0 Å².